The average molecular weight is 329 g/mol. The second-order valence-electron chi connectivity index (χ2n) is 7.04. The van der Waals surface area contributed by atoms with Crippen LogP contribution in [-0.2, 0) is 22.7 Å². The van der Waals surface area contributed by atoms with Gasteiger partial charge < -0.3 is 10.0 Å². The lowest BCUT2D eigenvalue weighted by Crippen LogP contribution is -2.50. The van der Waals surface area contributed by atoms with Crippen LogP contribution in [0.4, 0.5) is 5.69 Å². The van der Waals surface area contributed by atoms with Gasteiger partial charge in [-0.3, -0.25) is 19.8 Å². The molecule has 0 radical (unpaired) electrons. The Morgan fingerprint density at radius 3 is 2.54 bits per heavy atom. The maximum absolute atomic E-state index is 12.1. The summed E-state index contributed by atoms with van der Waals surface area (Å²) < 4.78 is 0. The molecule has 0 saturated carbocycles. The van der Waals surface area contributed by atoms with Gasteiger partial charge in [0, 0.05) is 38.3 Å². The molecule has 2 N–H and O–H groups in total. The van der Waals surface area contributed by atoms with Crippen molar-refractivity contribution in [2.24, 2.45) is 0 Å². The lowest BCUT2D eigenvalue weighted by atomic mass is 10.0. The number of imide groups is 1. The molecule has 2 amide bonds. The summed E-state index contributed by atoms with van der Waals surface area (Å²) in [6, 6.07) is 6.31. The number of carbonyl (C=O) groups is 2. The van der Waals surface area contributed by atoms with E-state index < -0.39 is 0 Å². The van der Waals surface area contributed by atoms with Crippen LogP contribution in [0.5, 0.6) is 0 Å². The Morgan fingerprint density at radius 1 is 1.04 bits per heavy atom. The first-order valence-corrected chi connectivity index (χ1v) is 8.73. The molecule has 2 fully saturated rings. The van der Waals surface area contributed by atoms with E-state index in [9.17, 15) is 14.7 Å². The molecule has 1 atom stereocenters. The van der Waals surface area contributed by atoms with Crippen LogP contribution in [0.25, 0.3) is 0 Å². The van der Waals surface area contributed by atoms with Crippen molar-refractivity contribution in [3.63, 3.8) is 0 Å². The molecule has 1 aromatic carbocycles. The molecule has 0 bridgehead atoms. The third kappa shape index (κ3) is 2.91. The van der Waals surface area contributed by atoms with Crippen molar-refractivity contribution >= 4 is 17.5 Å². The molecular formula is C18H23N3O3. The van der Waals surface area contributed by atoms with Crippen LogP contribution in [0.15, 0.2) is 18.2 Å². The van der Waals surface area contributed by atoms with E-state index >= 15 is 0 Å². The number of aliphatic hydroxyl groups is 1. The Kier molecular flexibility index (Phi) is 4.02. The predicted octanol–water partition coefficient (Wildman–Crippen LogP) is 0.768. The van der Waals surface area contributed by atoms with Gasteiger partial charge >= 0.3 is 0 Å². The van der Waals surface area contributed by atoms with Gasteiger partial charge in [-0.1, -0.05) is 6.07 Å². The number of carbonyl (C=O) groups excluding carboxylic acids is 2. The van der Waals surface area contributed by atoms with E-state index in [1.165, 1.54) is 16.8 Å². The third-order valence-corrected chi connectivity index (χ3v) is 5.42. The summed E-state index contributed by atoms with van der Waals surface area (Å²) in [5, 5.41) is 12.1. The number of amides is 2. The largest absolute Gasteiger partial charge is 0.393 e. The highest BCUT2D eigenvalue weighted by molar-refractivity contribution is 6.00. The highest BCUT2D eigenvalue weighted by atomic mass is 16.3. The molecule has 128 valence electrons. The van der Waals surface area contributed by atoms with E-state index in [0.29, 0.717) is 12.8 Å². The van der Waals surface area contributed by atoms with Gasteiger partial charge in [0.1, 0.15) is 0 Å². The van der Waals surface area contributed by atoms with E-state index in [2.05, 4.69) is 33.3 Å². The van der Waals surface area contributed by atoms with Crippen molar-refractivity contribution in [2.75, 3.05) is 18.0 Å². The van der Waals surface area contributed by atoms with Crippen LogP contribution in [0, 0.1) is 0 Å². The summed E-state index contributed by atoms with van der Waals surface area (Å²) in [5.41, 5.74) is 3.73. The van der Waals surface area contributed by atoms with Crippen molar-refractivity contribution < 1.29 is 14.7 Å². The van der Waals surface area contributed by atoms with Gasteiger partial charge in [0.25, 0.3) is 0 Å². The molecule has 3 aliphatic heterocycles. The van der Waals surface area contributed by atoms with Crippen molar-refractivity contribution in [3.8, 4) is 0 Å². The molecule has 0 aromatic heterocycles. The summed E-state index contributed by atoms with van der Waals surface area (Å²) in [5.74, 6) is -0.327. The van der Waals surface area contributed by atoms with Crippen LogP contribution >= 0.6 is 0 Å². The Bertz CT molecular complexity index is 667. The molecular weight excluding hydrogens is 306 g/mol. The third-order valence-electron chi connectivity index (χ3n) is 5.42. The first kappa shape index (κ1) is 15.6. The minimum absolute atomic E-state index is 0.163. The zero-order chi connectivity index (χ0) is 16.7. The standard InChI is InChI=1S/C18H23N3O3/c22-15-5-7-20(8-6-15)14-2-1-12-10-21(11-13(12)9-14)16-3-4-17(23)19-18(16)24/h1-2,9,15-16,22H,3-8,10-11H2,(H,19,23,24). The molecule has 6 nitrogen and oxygen atoms in total. The second-order valence-corrected chi connectivity index (χ2v) is 7.04. The summed E-state index contributed by atoms with van der Waals surface area (Å²) in [6.07, 6.45) is 2.50. The number of fused-ring (bicyclic) bond motifs is 1. The van der Waals surface area contributed by atoms with Crippen LogP contribution < -0.4 is 10.2 Å². The van der Waals surface area contributed by atoms with Gasteiger partial charge in [-0.2, -0.15) is 0 Å². The fraction of sp³-hybridized carbons (Fsp3) is 0.556. The van der Waals surface area contributed by atoms with Crippen LogP contribution in [0.1, 0.15) is 36.8 Å². The van der Waals surface area contributed by atoms with Crippen molar-refractivity contribution in [3.05, 3.63) is 29.3 Å². The summed E-state index contributed by atoms with van der Waals surface area (Å²) in [6.45, 7) is 3.29. The summed E-state index contributed by atoms with van der Waals surface area (Å²) in [7, 11) is 0. The first-order valence-electron chi connectivity index (χ1n) is 8.73. The lowest BCUT2D eigenvalue weighted by Gasteiger charge is -2.31. The number of nitrogens with one attached hydrogen (secondary N) is 1. The molecule has 0 aliphatic carbocycles. The molecule has 3 aliphatic rings. The zero-order valence-electron chi connectivity index (χ0n) is 13.7. The molecule has 24 heavy (non-hydrogen) atoms. The minimum Gasteiger partial charge on any atom is -0.393 e. The Balaban J connectivity index is 1.47. The number of piperidine rings is 2. The highest BCUT2D eigenvalue weighted by Gasteiger charge is 2.34. The monoisotopic (exact) mass is 329 g/mol. The van der Waals surface area contributed by atoms with Gasteiger partial charge in [0.2, 0.25) is 11.8 Å². The predicted molar refractivity (Wildman–Crippen MR) is 89.3 cm³/mol. The number of aliphatic hydroxyl groups excluding tert-OH is 1. The average Bonchev–Trinajstić information content (AvgIpc) is 2.98. The number of hydrogen-bond acceptors (Lipinski definition) is 5. The number of hydrogen-bond donors (Lipinski definition) is 2. The van der Waals surface area contributed by atoms with E-state index in [-0.39, 0.29) is 24.0 Å². The Morgan fingerprint density at radius 2 is 1.79 bits per heavy atom. The van der Waals surface area contributed by atoms with E-state index in [1.807, 2.05) is 0 Å². The summed E-state index contributed by atoms with van der Waals surface area (Å²) in [4.78, 5) is 27.9. The maximum Gasteiger partial charge on any atom is 0.243 e. The summed E-state index contributed by atoms with van der Waals surface area (Å²) >= 11 is 0. The molecule has 0 spiro atoms. The SMILES string of the molecule is O=C1CCC(N2Cc3ccc(N4CCC(O)CC4)cc3C2)C(=O)N1. The number of rotatable bonds is 2. The number of nitrogens with zero attached hydrogens (tertiary/aromatic N) is 2. The minimum atomic E-state index is -0.205. The highest BCUT2D eigenvalue weighted by Crippen LogP contribution is 2.31. The lowest BCUT2D eigenvalue weighted by molar-refractivity contribution is -0.137. The topological polar surface area (TPSA) is 72.9 Å². The molecule has 1 aromatic rings. The van der Waals surface area contributed by atoms with Gasteiger partial charge in [-0.25, -0.2) is 0 Å². The number of benzene rings is 1. The van der Waals surface area contributed by atoms with Gasteiger partial charge in [-0.05, 0) is 42.5 Å². The van der Waals surface area contributed by atoms with E-state index in [1.54, 1.807) is 0 Å². The Hall–Kier alpha value is -1.92. The van der Waals surface area contributed by atoms with Crippen LogP contribution in [0.3, 0.4) is 0 Å². The zero-order valence-corrected chi connectivity index (χ0v) is 13.7. The van der Waals surface area contributed by atoms with E-state index in [0.717, 1.165) is 39.0 Å². The second kappa shape index (κ2) is 6.18. The van der Waals surface area contributed by atoms with Gasteiger partial charge in [0.15, 0.2) is 0 Å². The van der Waals surface area contributed by atoms with Gasteiger partial charge in [0.05, 0.1) is 12.1 Å². The fourth-order valence-corrected chi connectivity index (χ4v) is 3.98. The van der Waals surface area contributed by atoms with Crippen molar-refractivity contribution in [1.29, 1.82) is 0 Å². The smallest absolute Gasteiger partial charge is 0.243 e. The van der Waals surface area contributed by atoms with Crippen LogP contribution in [0.2, 0.25) is 0 Å². The van der Waals surface area contributed by atoms with Gasteiger partial charge in [-0.15, -0.1) is 0 Å². The fourth-order valence-electron chi connectivity index (χ4n) is 3.98. The Labute approximate surface area is 141 Å². The normalized spacial score (nSPS) is 25.7. The quantitative estimate of drug-likeness (QED) is 0.784. The first-order chi connectivity index (χ1) is 11.6. The molecule has 1 unspecified atom stereocenters. The number of anilines is 1. The molecule has 6 heteroatoms. The van der Waals surface area contributed by atoms with Crippen molar-refractivity contribution in [1.82, 2.24) is 10.2 Å². The van der Waals surface area contributed by atoms with Crippen molar-refractivity contribution in [2.45, 2.75) is 50.9 Å². The van der Waals surface area contributed by atoms with E-state index in [4.69, 9.17) is 0 Å². The molecule has 2 saturated heterocycles. The maximum atomic E-state index is 12.1. The molecule has 3 heterocycles. The molecule has 4 rings (SSSR count). The van der Waals surface area contributed by atoms with Crippen LogP contribution in [-0.4, -0.2) is 47.1 Å².